The summed E-state index contributed by atoms with van der Waals surface area (Å²) in [6.45, 7) is 8.39. The van der Waals surface area contributed by atoms with E-state index in [1.807, 2.05) is 13.8 Å². The van der Waals surface area contributed by atoms with Gasteiger partial charge < -0.3 is 14.5 Å². The van der Waals surface area contributed by atoms with Crippen molar-refractivity contribution >= 4 is 0 Å². The second kappa shape index (κ2) is 7.35. The number of ether oxygens (including phenoxy) is 1. The predicted molar refractivity (Wildman–Crippen MR) is 61.1 cm³/mol. The third-order valence-corrected chi connectivity index (χ3v) is 1.99. The fourth-order valence-electron chi connectivity index (χ4n) is 1.18. The van der Waals surface area contributed by atoms with Crippen LogP contribution < -0.4 is 5.32 Å². The summed E-state index contributed by atoms with van der Waals surface area (Å²) in [7, 11) is 0. The van der Waals surface area contributed by atoms with Gasteiger partial charge in [-0.2, -0.15) is 0 Å². The van der Waals surface area contributed by atoms with Crippen molar-refractivity contribution in [3.05, 3.63) is 11.8 Å². The number of hydrogen-bond donors (Lipinski definition) is 1. The lowest BCUT2D eigenvalue weighted by molar-refractivity contribution is 0.0511. The van der Waals surface area contributed by atoms with Gasteiger partial charge in [0.1, 0.15) is 6.61 Å². The number of nitrogens with zero attached hydrogens (tertiary/aromatic N) is 2. The molecule has 0 bridgehead atoms. The first-order valence-corrected chi connectivity index (χ1v) is 5.86. The summed E-state index contributed by atoms with van der Waals surface area (Å²) in [6, 6.07) is 0. The molecule has 0 aliphatic carbocycles. The van der Waals surface area contributed by atoms with E-state index in [0.717, 1.165) is 25.9 Å². The maximum atomic E-state index is 5.43. The first-order chi connectivity index (χ1) is 7.72. The molecule has 0 aliphatic heterocycles. The number of rotatable bonds is 8. The zero-order valence-corrected chi connectivity index (χ0v) is 10.3. The topological polar surface area (TPSA) is 60.2 Å². The van der Waals surface area contributed by atoms with Crippen LogP contribution in [0.4, 0.5) is 0 Å². The number of hydrogen-bond acceptors (Lipinski definition) is 5. The maximum absolute atomic E-state index is 5.43. The minimum absolute atomic E-state index is 0.182. The Morgan fingerprint density at radius 3 is 2.69 bits per heavy atom. The molecule has 1 N–H and O–H groups in total. The summed E-state index contributed by atoms with van der Waals surface area (Å²) in [5, 5.41) is 11.2. The minimum Gasteiger partial charge on any atom is -0.423 e. The summed E-state index contributed by atoms with van der Waals surface area (Å²) in [4.78, 5) is 0. The van der Waals surface area contributed by atoms with Gasteiger partial charge >= 0.3 is 0 Å². The highest BCUT2D eigenvalue weighted by molar-refractivity contribution is 4.81. The van der Waals surface area contributed by atoms with Crippen LogP contribution in [0.1, 0.15) is 39.0 Å². The molecule has 0 saturated carbocycles. The molecule has 16 heavy (non-hydrogen) atoms. The third kappa shape index (κ3) is 5.23. The molecule has 1 aromatic rings. The van der Waals surface area contributed by atoms with Crippen molar-refractivity contribution in [1.29, 1.82) is 0 Å². The van der Waals surface area contributed by atoms with Crippen LogP contribution in [-0.2, 0) is 17.8 Å². The summed E-state index contributed by atoms with van der Waals surface area (Å²) >= 11 is 0. The molecule has 5 nitrogen and oxygen atoms in total. The largest absolute Gasteiger partial charge is 0.423 e. The average molecular weight is 227 g/mol. The second-order valence-electron chi connectivity index (χ2n) is 3.95. The predicted octanol–water partition coefficient (Wildman–Crippen LogP) is 1.54. The van der Waals surface area contributed by atoms with Crippen molar-refractivity contribution in [2.75, 3.05) is 13.1 Å². The Morgan fingerprint density at radius 1 is 1.25 bits per heavy atom. The van der Waals surface area contributed by atoms with Crippen LogP contribution in [0.15, 0.2) is 4.42 Å². The van der Waals surface area contributed by atoms with E-state index in [1.165, 1.54) is 0 Å². The van der Waals surface area contributed by atoms with Gasteiger partial charge in [0, 0.05) is 13.0 Å². The Labute approximate surface area is 96.6 Å². The highest BCUT2D eigenvalue weighted by Crippen LogP contribution is 2.03. The molecule has 1 heterocycles. The zero-order chi connectivity index (χ0) is 11.8. The second-order valence-corrected chi connectivity index (χ2v) is 3.95. The fourth-order valence-corrected chi connectivity index (χ4v) is 1.18. The van der Waals surface area contributed by atoms with Gasteiger partial charge in [-0.05, 0) is 26.8 Å². The molecule has 0 aromatic carbocycles. The Balaban J connectivity index is 2.22. The molecule has 0 unspecified atom stereocenters. The van der Waals surface area contributed by atoms with Crippen molar-refractivity contribution in [3.63, 3.8) is 0 Å². The van der Waals surface area contributed by atoms with Crippen LogP contribution >= 0.6 is 0 Å². The highest BCUT2D eigenvalue weighted by atomic mass is 16.5. The van der Waals surface area contributed by atoms with Gasteiger partial charge in [-0.1, -0.05) is 6.92 Å². The first kappa shape index (κ1) is 13.1. The number of nitrogens with one attached hydrogen (secondary N) is 1. The summed E-state index contributed by atoms with van der Waals surface area (Å²) in [6.07, 6.45) is 2.09. The van der Waals surface area contributed by atoms with E-state index >= 15 is 0 Å². The molecule has 1 aromatic heterocycles. The average Bonchev–Trinajstić information content (AvgIpc) is 2.70. The fraction of sp³-hybridized carbons (Fsp3) is 0.818. The highest BCUT2D eigenvalue weighted by Gasteiger charge is 2.06. The van der Waals surface area contributed by atoms with Crippen LogP contribution in [-0.4, -0.2) is 29.4 Å². The summed E-state index contributed by atoms with van der Waals surface area (Å²) in [5.74, 6) is 1.23. The standard InChI is InChI=1S/C11H21N3O2/c1-4-6-12-7-5-10-13-14-11(16-10)8-15-9(2)3/h9,12H,4-8H2,1-3H3. The van der Waals surface area contributed by atoms with Crippen molar-refractivity contribution in [2.24, 2.45) is 0 Å². The van der Waals surface area contributed by atoms with Crippen LogP contribution in [0.2, 0.25) is 0 Å². The van der Waals surface area contributed by atoms with Crippen molar-refractivity contribution in [3.8, 4) is 0 Å². The van der Waals surface area contributed by atoms with Crippen LogP contribution in [0.25, 0.3) is 0 Å². The van der Waals surface area contributed by atoms with E-state index in [4.69, 9.17) is 9.15 Å². The van der Waals surface area contributed by atoms with E-state index in [-0.39, 0.29) is 6.10 Å². The lowest BCUT2D eigenvalue weighted by Crippen LogP contribution is -2.17. The molecular formula is C11H21N3O2. The quantitative estimate of drug-likeness (QED) is 0.682. The van der Waals surface area contributed by atoms with Gasteiger partial charge in [0.15, 0.2) is 0 Å². The van der Waals surface area contributed by atoms with Crippen LogP contribution in [0.3, 0.4) is 0 Å². The van der Waals surface area contributed by atoms with Crippen LogP contribution in [0, 0.1) is 0 Å². The lowest BCUT2D eigenvalue weighted by Gasteiger charge is -2.02. The Hall–Kier alpha value is -0.940. The molecule has 0 spiro atoms. The Bertz CT molecular complexity index is 287. The molecule has 1 rings (SSSR count). The van der Waals surface area contributed by atoms with Gasteiger partial charge in [0.05, 0.1) is 6.10 Å². The molecule has 0 radical (unpaired) electrons. The summed E-state index contributed by atoms with van der Waals surface area (Å²) in [5.41, 5.74) is 0. The smallest absolute Gasteiger partial charge is 0.242 e. The van der Waals surface area contributed by atoms with Crippen molar-refractivity contribution in [1.82, 2.24) is 15.5 Å². The summed E-state index contributed by atoms with van der Waals surface area (Å²) < 4.78 is 10.8. The van der Waals surface area contributed by atoms with Gasteiger partial charge in [-0.15, -0.1) is 10.2 Å². The molecule has 0 fully saturated rings. The first-order valence-electron chi connectivity index (χ1n) is 5.86. The molecule has 5 heteroatoms. The third-order valence-electron chi connectivity index (χ3n) is 1.99. The Kier molecular flexibility index (Phi) is 6.03. The van der Waals surface area contributed by atoms with E-state index in [0.29, 0.717) is 18.4 Å². The molecule has 0 atom stereocenters. The van der Waals surface area contributed by atoms with Gasteiger partial charge in [-0.25, -0.2) is 0 Å². The zero-order valence-electron chi connectivity index (χ0n) is 10.3. The maximum Gasteiger partial charge on any atom is 0.242 e. The van der Waals surface area contributed by atoms with Crippen molar-refractivity contribution in [2.45, 2.75) is 46.3 Å². The molecule has 0 amide bonds. The van der Waals surface area contributed by atoms with Gasteiger partial charge in [0.2, 0.25) is 11.8 Å². The molecule has 0 aliphatic rings. The van der Waals surface area contributed by atoms with Crippen molar-refractivity contribution < 1.29 is 9.15 Å². The van der Waals surface area contributed by atoms with E-state index in [1.54, 1.807) is 0 Å². The van der Waals surface area contributed by atoms with E-state index < -0.39 is 0 Å². The normalized spacial score (nSPS) is 11.2. The van der Waals surface area contributed by atoms with Gasteiger partial charge in [-0.3, -0.25) is 0 Å². The van der Waals surface area contributed by atoms with E-state index in [9.17, 15) is 0 Å². The number of aromatic nitrogens is 2. The molecule has 92 valence electrons. The monoisotopic (exact) mass is 227 g/mol. The molecule has 0 saturated heterocycles. The Morgan fingerprint density at radius 2 is 2.00 bits per heavy atom. The minimum atomic E-state index is 0.182. The SMILES string of the molecule is CCCNCCc1nnc(COC(C)C)o1. The molecular weight excluding hydrogens is 206 g/mol. The van der Waals surface area contributed by atoms with Gasteiger partial charge in [0.25, 0.3) is 0 Å². The van der Waals surface area contributed by atoms with Crippen LogP contribution in [0.5, 0.6) is 0 Å². The lowest BCUT2D eigenvalue weighted by atomic mass is 10.4. The van der Waals surface area contributed by atoms with E-state index in [2.05, 4.69) is 22.4 Å².